The van der Waals surface area contributed by atoms with Crippen molar-refractivity contribution in [1.29, 1.82) is 0 Å². The third kappa shape index (κ3) is 3.70. The van der Waals surface area contributed by atoms with Crippen LogP contribution in [0.2, 0.25) is 5.02 Å². The van der Waals surface area contributed by atoms with Crippen molar-refractivity contribution in [3.05, 3.63) is 34.9 Å². The highest BCUT2D eigenvalue weighted by atomic mass is 35.6. The molecule has 0 fully saturated rings. The Hall–Kier alpha value is 0.380. The van der Waals surface area contributed by atoms with Gasteiger partial charge in [-0.1, -0.05) is 78.5 Å². The molecule has 0 heterocycles. The minimum Gasteiger partial charge on any atom is -0.0840 e. The number of hydrogen-bond acceptors (Lipinski definition) is 0. The summed E-state index contributed by atoms with van der Waals surface area (Å²) in [4.78, 5) is 0. The van der Waals surface area contributed by atoms with Gasteiger partial charge in [-0.3, -0.25) is 0 Å². The highest BCUT2D eigenvalue weighted by Gasteiger charge is 2.35. The lowest BCUT2D eigenvalue weighted by molar-refractivity contribution is 0.424. The van der Waals surface area contributed by atoms with Crippen LogP contribution in [0.4, 0.5) is 0 Å². The van der Waals surface area contributed by atoms with E-state index in [1.165, 1.54) is 0 Å². The second-order valence-electron chi connectivity index (χ2n) is 4.19. The monoisotopic (exact) mass is 298 g/mol. The molecule has 16 heavy (non-hydrogen) atoms. The topological polar surface area (TPSA) is 0 Å². The Morgan fingerprint density at radius 2 is 1.69 bits per heavy atom. The largest absolute Gasteiger partial charge is 0.191 e. The van der Waals surface area contributed by atoms with E-state index in [2.05, 4.69) is 13.8 Å². The molecule has 0 saturated heterocycles. The number of rotatable bonds is 3. The Morgan fingerprint density at radius 1 is 1.12 bits per heavy atom. The Balaban J connectivity index is 3.10. The lowest BCUT2D eigenvalue weighted by Crippen LogP contribution is -2.27. The molecule has 1 aromatic carbocycles. The SMILES string of the molecule is CCC(C)(CC(Cl)(Cl)Cl)c1ccccc1Cl. The van der Waals surface area contributed by atoms with Crippen molar-refractivity contribution in [1.82, 2.24) is 0 Å². The lowest BCUT2D eigenvalue weighted by Gasteiger charge is -2.32. The highest BCUT2D eigenvalue weighted by Crippen LogP contribution is 2.44. The molecular formula is C12H14Cl4. The van der Waals surface area contributed by atoms with Gasteiger partial charge in [-0.2, -0.15) is 0 Å². The van der Waals surface area contributed by atoms with Gasteiger partial charge in [-0.15, -0.1) is 0 Å². The quantitative estimate of drug-likeness (QED) is 0.622. The first-order valence-corrected chi connectivity index (χ1v) is 6.61. The lowest BCUT2D eigenvalue weighted by atomic mass is 9.77. The molecule has 90 valence electrons. The zero-order chi connectivity index (χ0) is 12.4. The van der Waals surface area contributed by atoms with Crippen LogP contribution in [0.3, 0.4) is 0 Å². The van der Waals surface area contributed by atoms with Crippen molar-refractivity contribution in [2.75, 3.05) is 0 Å². The van der Waals surface area contributed by atoms with Crippen LogP contribution >= 0.6 is 46.4 Å². The summed E-state index contributed by atoms with van der Waals surface area (Å²) in [6.07, 6.45) is 1.32. The minimum absolute atomic E-state index is 0.219. The summed E-state index contributed by atoms with van der Waals surface area (Å²) in [5, 5.41) is 0.723. The zero-order valence-corrected chi connectivity index (χ0v) is 12.3. The van der Waals surface area contributed by atoms with E-state index in [0.29, 0.717) is 6.42 Å². The highest BCUT2D eigenvalue weighted by molar-refractivity contribution is 6.67. The van der Waals surface area contributed by atoms with Crippen LogP contribution < -0.4 is 0 Å². The molecule has 4 heteroatoms. The van der Waals surface area contributed by atoms with Crippen LogP contribution in [0, 0.1) is 0 Å². The van der Waals surface area contributed by atoms with Gasteiger partial charge >= 0.3 is 0 Å². The fourth-order valence-electron chi connectivity index (χ4n) is 1.80. The molecule has 0 bridgehead atoms. The van der Waals surface area contributed by atoms with Gasteiger partial charge in [0.05, 0.1) is 0 Å². The van der Waals surface area contributed by atoms with Gasteiger partial charge in [0.15, 0.2) is 3.79 Å². The van der Waals surface area contributed by atoms with Crippen molar-refractivity contribution in [3.8, 4) is 0 Å². The van der Waals surface area contributed by atoms with Crippen LogP contribution in [-0.4, -0.2) is 3.79 Å². The fraction of sp³-hybridized carbons (Fsp3) is 0.500. The van der Waals surface area contributed by atoms with Gasteiger partial charge in [0.2, 0.25) is 0 Å². The Labute approximate surface area is 117 Å². The summed E-state index contributed by atoms with van der Waals surface area (Å²) in [6.45, 7) is 4.13. The average Bonchev–Trinajstić information content (AvgIpc) is 2.15. The van der Waals surface area contributed by atoms with Crippen LogP contribution in [0.25, 0.3) is 0 Å². The molecule has 0 saturated carbocycles. The normalized spacial score (nSPS) is 15.9. The predicted molar refractivity (Wildman–Crippen MR) is 74.0 cm³/mol. The number of benzene rings is 1. The molecule has 0 amide bonds. The minimum atomic E-state index is -1.26. The molecule has 0 nitrogen and oxygen atoms in total. The van der Waals surface area contributed by atoms with E-state index in [-0.39, 0.29) is 5.41 Å². The molecule has 0 spiro atoms. The molecule has 0 radical (unpaired) electrons. The number of alkyl halides is 3. The van der Waals surface area contributed by atoms with Gasteiger partial charge in [-0.05, 0) is 23.5 Å². The Kier molecular flexibility index (Phi) is 4.83. The van der Waals surface area contributed by atoms with E-state index in [9.17, 15) is 0 Å². The predicted octanol–water partition coefficient (Wildman–Crippen LogP) is 5.77. The third-order valence-corrected chi connectivity index (χ3v) is 3.63. The zero-order valence-electron chi connectivity index (χ0n) is 9.24. The summed E-state index contributed by atoms with van der Waals surface area (Å²) in [7, 11) is 0. The second-order valence-corrected chi connectivity index (χ2v) is 7.11. The van der Waals surface area contributed by atoms with Crippen molar-refractivity contribution in [3.63, 3.8) is 0 Å². The van der Waals surface area contributed by atoms with Crippen molar-refractivity contribution in [2.45, 2.75) is 35.9 Å². The summed E-state index contributed by atoms with van der Waals surface area (Å²) < 4.78 is -1.26. The first-order chi connectivity index (χ1) is 7.28. The van der Waals surface area contributed by atoms with E-state index in [1.807, 2.05) is 24.3 Å². The summed E-state index contributed by atoms with van der Waals surface area (Å²) in [5.41, 5.74) is 0.814. The third-order valence-electron chi connectivity index (χ3n) is 2.90. The Bertz CT molecular complexity index is 356. The van der Waals surface area contributed by atoms with Gasteiger partial charge in [-0.25, -0.2) is 0 Å². The van der Waals surface area contributed by atoms with Crippen molar-refractivity contribution >= 4 is 46.4 Å². The maximum Gasteiger partial charge on any atom is 0.191 e. The second kappa shape index (κ2) is 5.35. The van der Waals surface area contributed by atoms with E-state index < -0.39 is 3.79 Å². The van der Waals surface area contributed by atoms with Gasteiger partial charge in [0, 0.05) is 11.4 Å². The molecule has 0 N–H and O–H groups in total. The van der Waals surface area contributed by atoms with Gasteiger partial charge < -0.3 is 0 Å². The fourth-order valence-corrected chi connectivity index (χ4v) is 3.05. The first-order valence-electron chi connectivity index (χ1n) is 5.10. The number of halogens is 4. The molecule has 0 aromatic heterocycles. The van der Waals surface area contributed by atoms with Crippen LogP contribution in [-0.2, 0) is 5.41 Å². The average molecular weight is 300 g/mol. The van der Waals surface area contributed by atoms with E-state index >= 15 is 0 Å². The summed E-state index contributed by atoms with van der Waals surface area (Å²) in [6, 6.07) is 7.70. The van der Waals surface area contributed by atoms with E-state index in [0.717, 1.165) is 17.0 Å². The first kappa shape index (κ1) is 14.4. The summed E-state index contributed by atoms with van der Waals surface area (Å²) in [5.74, 6) is 0. The molecule has 1 atom stereocenters. The molecule has 1 unspecified atom stereocenters. The molecule has 0 aliphatic carbocycles. The molecule has 0 aliphatic heterocycles. The molecule has 1 aromatic rings. The molecular weight excluding hydrogens is 286 g/mol. The Morgan fingerprint density at radius 3 is 2.12 bits per heavy atom. The molecule has 1 rings (SSSR count). The molecule has 0 aliphatic rings. The van der Waals surface area contributed by atoms with Crippen molar-refractivity contribution in [2.24, 2.45) is 0 Å². The maximum atomic E-state index is 6.19. The number of hydrogen-bond donors (Lipinski definition) is 0. The standard InChI is InChI=1S/C12H14Cl4/c1-3-11(2,8-12(14,15)16)9-6-4-5-7-10(9)13/h4-7H,3,8H2,1-2H3. The van der Waals surface area contributed by atoms with Gasteiger partial charge in [0.25, 0.3) is 0 Å². The van der Waals surface area contributed by atoms with Gasteiger partial charge in [0.1, 0.15) is 0 Å². The van der Waals surface area contributed by atoms with Crippen LogP contribution in [0.15, 0.2) is 24.3 Å². The maximum absolute atomic E-state index is 6.19. The van der Waals surface area contributed by atoms with Crippen molar-refractivity contribution < 1.29 is 0 Å². The van der Waals surface area contributed by atoms with E-state index in [1.54, 1.807) is 0 Å². The van der Waals surface area contributed by atoms with Crippen LogP contribution in [0.1, 0.15) is 32.3 Å². The van der Waals surface area contributed by atoms with Crippen LogP contribution in [0.5, 0.6) is 0 Å². The van der Waals surface area contributed by atoms with E-state index in [4.69, 9.17) is 46.4 Å². The smallest absolute Gasteiger partial charge is 0.0840 e. The summed E-state index contributed by atoms with van der Waals surface area (Å²) >= 11 is 23.8.